The van der Waals surface area contributed by atoms with Gasteiger partial charge < -0.3 is 14.4 Å². The maximum atomic E-state index is 12.7. The molecule has 0 bridgehead atoms. The molecule has 2 aliphatic heterocycles. The summed E-state index contributed by atoms with van der Waals surface area (Å²) in [5, 5.41) is 2.46. The Morgan fingerprint density at radius 3 is 2.69 bits per heavy atom. The van der Waals surface area contributed by atoms with E-state index in [4.69, 9.17) is 9.47 Å². The Morgan fingerprint density at radius 1 is 1.14 bits per heavy atom. The van der Waals surface area contributed by atoms with Gasteiger partial charge in [0.15, 0.2) is 0 Å². The van der Waals surface area contributed by atoms with Gasteiger partial charge in [0, 0.05) is 6.42 Å². The van der Waals surface area contributed by atoms with Crippen molar-refractivity contribution in [2.24, 2.45) is 5.92 Å². The zero-order valence-electron chi connectivity index (χ0n) is 20.5. The molecule has 3 unspecified atom stereocenters. The van der Waals surface area contributed by atoms with Crippen LogP contribution < -0.4 is 15.0 Å². The first kappa shape index (κ1) is 24.8. The van der Waals surface area contributed by atoms with Crippen LogP contribution in [0.1, 0.15) is 63.0 Å². The number of carbonyl (C=O) groups is 3. The summed E-state index contributed by atoms with van der Waals surface area (Å²) in [4.78, 5) is 38.8. The number of esters is 1. The molecule has 2 aromatic carbocycles. The number of para-hydroxylation sites is 1. The first-order valence-electron chi connectivity index (χ1n) is 12.5. The highest BCUT2D eigenvalue weighted by atomic mass is 16.5. The van der Waals surface area contributed by atoms with E-state index in [2.05, 4.69) is 23.2 Å². The molecule has 0 spiro atoms. The second-order valence-electron chi connectivity index (χ2n) is 9.38. The zero-order valence-corrected chi connectivity index (χ0v) is 20.5. The second-order valence-corrected chi connectivity index (χ2v) is 9.38. The highest BCUT2D eigenvalue weighted by Crippen LogP contribution is 2.41. The molecule has 0 aromatic heterocycles. The third kappa shape index (κ3) is 5.84. The van der Waals surface area contributed by atoms with Crippen LogP contribution in [0.4, 0.5) is 5.69 Å². The smallest absolute Gasteiger partial charge is 0.309 e. The van der Waals surface area contributed by atoms with Gasteiger partial charge in [0.05, 0.1) is 18.2 Å². The monoisotopic (exact) mass is 478 g/mol. The van der Waals surface area contributed by atoms with Crippen molar-refractivity contribution in [3.05, 3.63) is 59.7 Å². The predicted molar refractivity (Wildman–Crippen MR) is 133 cm³/mol. The van der Waals surface area contributed by atoms with Crippen molar-refractivity contribution in [2.45, 2.75) is 64.5 Å². The van der Waals surface area contributed by atoms with Crippen LogP contribution in [-0.2, 0) is 25.7 Å². The van der Waals surface area contributed by atoms with E-state index in [0.29, 0.717) is 32.6 Å². The lowest BCUT2D eigenvalue weighted by atomic mass is 9.89. The number of benzene rings is 2. The zero-order chi connectivity index (χ0) is 24.8. The van der Waals surface area contributed by atoms with Gasteiger partial charge >= 0.3 is 5.97 Å². The third-order valence-corrected chi connectivity index (χ3v) is 7.03. The standard InChI is InChI=1S/C28H34N2O5/c1-3-21(28(33)35-18-20-8-5-4-6-9-20)13-12-19(2)22-10-7-11-23-26(22)34-17-16-30(23)24-14-15-25(31)29-27(24)32/h4-11,19,21,24H,3,12-18H2,1-2H3,(H,29,31,32). The number of anilines is 1. The van der Waals surface area contributed by atoms with Crippen LogP contribution in [0.2, 0.25) is 0 Å². The van der Waals surface area contributed by atoms with Crippen LogP contribution in [0, 0.1) is 5.92 Å². The van der Waals surface area contributed by atoms with E-state index in [0.717, 1.165) is 41.8 Å². The molecule has 2 amide bonds. The Kier molecular flexibility index (Phi) is 8.06. The van der Waals surface area contributed by atoms with Crippen LogP contribution >= 0.6 is 0 Å². The van der Waals surface area contributed by atoms with Gasteiger partial charge in [-0.1, -0.05) is 56.3 Å². The number of amides is 2. The van der Waals surface area contributed by atoms with E-state index in [1.54, 1.807) is 0 Å². The number of hydrogen-bond donors (Lipinski definition) is 1. The first-order valence-corrected chi connectivity index (χ1v) is 12.5. The Balaban J connectivity index is 1.40. The molecule has 7 nitrogen and oxygen atoms in total. The fourth-order valence-corrected chi connectivity index (χ4v) is 4.93. The summed E-state index contributed by atoms with van der Waals surface area (Å²) in [6, 6.07) is 15.4. The van der Waals surface area contributed by atoms with Crippen molar-refractivity contribution in [3.63, 3.8) is 0 Å². The van der Waals surface area contributed by atoms with Gasteiger partial charge in [-0.3, -0.25) is 19.7 Å². The highest BCUT2D eigenvalue weighted by molar-refractivity contribution is 6.02. The minimum atomic E-state index is -0.371. The number of ether oxygens (including phenoxy) is 2. The topological polar surface area (TPSA) is 84.9 Å². The molecule has 35 heavy (non-hydrogen) atoms. The molecule has 1 N–H and O–H groups in total. The molecule has 4 rings (SSSR count). The summed E-state index contributed by atoms with van der Waals surface area (Å²) in [6.07, 6.45) is 3.13. The molecule has 7 heteroatoms. The number of nitrogens with zero attached hydrogens (tertiary/aromatic N) is 1. The van der Waals surface area contributed by atoms with Crippen molar-refractivity contribution >= 4 is 23.5 Å². The Hall–Kier alpha value is -3.35. The number of rotatable bonds is 9. The first-order chi connectivity index (χ1) is 17.0. The minimum Gasteiger partial charge on any atom is -0.489 e. The minimum absolute atomic E-state index is 0.151. The summed E-state index contributed by atoms with van der Waals surface area (Å²) in [7, 11) is 0. The van der Waals surface area contributed by atoms with Crippen molar-refractivity contribution in [3.8, 4) is 5.75 Å². The third-order valence-electron chi connectivity index (χ3n) is 7.03. The fourth-order valence-electron chi connectivity index (χ4n) is 4.93. The number of imide groups is 1. The number of fused-ring (bicyclic) bond motifs is 1. The molecule has 0 saturated carbocycles. The number of carbonyl (C=O) groups excluding carboxylic acids is 3. The predicted octanol–water partition coefficient (Wildman–Crippen LogP) is 4.34. The van der Waals surface area contributed by atoms with Crippen molar-refractivity contribution < 1.29 is 23.9 Å². The van der Waals surface area contributed by atoms with E-state index >= 15 is 0 Å². The second kappa shape index (κ2) is 11.4. The van der Waals surface area contributed by atoms with Gasteiger partial charge in [0.25, 0.3) is 0 Å². The quantitative estimate of drug-likeness (QED) is 0.426. The van der Waals surface area contributed by atoms with Crippen molar-refractivity contribution in [1.82, 2.24) is 5.32 Å². The number of nitrogens with one attached hydrogen (secondary N) is 1. The SMILES string of the molecule is CCC(CCC(C)c1cccc2c1OCCN2C1CCC(=O)NC1=O)C(=O)OCc1ccccc1. The Labute approximate surface area is 206 Å². The van der Waals surface area contributed by atoms with E-state index in [9.17, 15) is 14.4 Å². The molecule has 1 fully saturated rings. The number of hydrogen-bond acceptors (Lipinski definition) is 6. The lowest BCUT2D eigenvalue weighted by Gasteiger charge is -2.39. The van der Waals surface area contributed by atoms with Crippen LogP contribution in [0.5, 0.6) is 5.75 Å². The average molecular weight is 479 g/mol. The lowest BCUT2D eigenvalue weighted by Crippen LogP contribution is -2.54. The van der Waals surface area contributed by atoms with E-state index in [1.807, 2.05) is 49.4 Å². The normalized spacial score (nSPS) is 19.3. The molecular weight excluding hydrogens is 444 g/mol. The highest BCUT2D eigenvalue weighted by Gasteiger charge is 2.35. The van der Waals surface area contributed by atoms with E-state index in [1.165, 1.54) is 0 Å². The summed E-state index contributed by atoms with van der Waals surface area (Å²) >= 11 is 0. The molecular formula is C28H34N2O5. The van der Waals surface area contributed by atoms with Gasteiger partial charge in [-0.05, 0) is 48.8 Å². The summed E-state index contributed by atoms with van der Waals surface area (Å²) in [5.41, 5.74) is 2.95. The molecule has 186 valence electrons. The van der Waals surface area contributed by atoms with Gasteiger partial charge in [0.2, 0.25) is 11.8 Å². The molecule has 2 aromatic rings. The summed E-state index contributed by atoms with van der Waals surface area (Å²) in [6.45, 7) is 5.54. The Morgan fingerprint density at radius 2 is 1.94 bits per heavy atom. The van der Waals surface area contributed by atoms with Gasteiger partial charge in [-0.15, -0.1) is 0 Å². The molecule has 3 atom stereocenters. The summed E-state index contributed by atoms with van der Waals surface area (Å²) < 4.78 is 11.7. The molecule has 2 heterocycles. The van der Waals surface area contributed by atoms with Gasteiger partial charge in [-0.2, -0.15) is 0 Å². The molecule has 2 aliphatic rings. The van der Waals surface area contributed by atoms with Crippen molar-refractivity contribution in [1.29, 1.82) is 0 Å². The van der Waals surface area contributed by atoms with Crippen LogP contribution in [0.15, 0.2) is 48.5 Å². The molecule has 0 aliphatic carbocycles. The van der Waals surface area contributed by atoms with Gasteiger partial charge in [0.1, 0.15) is 25.0 Å². The van der Waals surface area contributed by atoms with E-state index < -0.39 is 0 Å². The summed E-state index contributed by atoms with van der Waals surface area (Å²) in [5.74, 6) is 0.209. The fraction of sp³-hybridized carbons (Fsp3) is 0.464. The Bertz CT molecular complexity index is 1050. The van der Waals surface area contributed by atoms with Crippen LogP contribution in [0.3, 0.4) is 0 Å². The molecule has 1 saturated heterocycles. The van der Waals surface area contributed by atoms with Crippen LogP contribution in [-0.4, -0.2) is 37.0 Å². The lowest BCUT2D eigenvalue weighted by molar-refractivity contribution is -0.150. The molecule has 0 radical (unpaired) electrons. The largest absolute Gasteiger partial charge is 0.489 e. The van der Waals surface area contributed by atoms with E-state index in [-0.39, 0.29) is 35.7 Å². The maximum absolute atomic E-state index is 12.7. The average Bonchev–Trinajstić information content (AvgIpc) is 2.87. The van der Waals surface area contributed by atoms with Crippen molar-refractivity contribution in [2.75, 3.05) is 18.1 Å². The maximum Gasteiger partial charge on any atom is 0.309 e. The van der Waals surface area contributed by atoms with Crippen LogP contribution in [0.25, 0.3) is 0 Å². The number of piperidine rings is 1. The van der Waals surface area contributed by atoms with Gasteiger partial charge in [-0.25, -0.2) is 0 Å².